The largest absolute Gasteiger partial charge is 0.494 e. The zero-order valence-electron chi connectivity index (χ0n) is 12.6. The van der Waals surface area contributed by atoms with Crippen molar-refractivity contribution in [1.29, 1.82) is 0 Å². The molecule has 5 heteroatoms. The van der Waals surface area contributed by atoms with E-state index in [-0.39, 0.29) is 5.60 Å². The van der Waals surface area contributed by atoms with Crippen LogP contribution in [0, 0.1) is 0 Å². The third kappa shape index (κ3) is 2.74. The highest BCUT2D eigenvalue weighted by Gasteiger charge is 2.31. The van der Waals surface area contributed by atoms with Crippen LogP contribution in [0.25, 0.3) is 11.0 Å². The third-order valence-corrected chi connectivity index (χ3v) is 4.34. The Hall–Kier alpha value is -1.26. The summed E-state index contributed by atoms with van der Waals surface area (Å²) in [5.74, 6) is 2.37. The van der Waals surface area contributed by atoms with Crippen molar-refractivity contribution in [2.24, 2.45) is 0 Å². The molecule has 0 radical (unpaired) electrons. The Kier molecular flexibility index (Phi) is 4.09. The molecule has 4 nitrogen and oxygen atoms in total. The molecule has 0 saturated carbocycles. The standard InChI is InChI=1S/C16H21ClN2O2/c1-16(8-4-10-21-16)11-19-12-5-3-6-13(20-2)15(12)18-14(19)7-9-17/h3,5-6H,4,7-11H2,1-2H3. The Labute approximate surface area is 130 Å². The van der Waals surface area contributed by atoms with Crippen molar-refractivity contribution >= 4 is 22.6 Å². The fourth-order valence-corrected chi connectivity index (χ4v) is 3.25. The van der Waals surface area contributed by atoms with E-state index in [4.69, 9.17) is 26.1 Å². The first kappa shape index (κ1) is 14.7. The van der Waals surface area contributed by atoms with Crippen molar-refractivity contribution in [2.75, 3.05) is 19.6 Å². The molecule has 0 N–H and O–H groups in total. The van der Waals surface area contributed by atoms with Crippen LogP contribution in [-0.4, -0.2) is 34.7 Å². The highest BCUT2D eigenvalue weighted by atomic mass is 35.5. The minimum absolute atomic E-state index is 0.113. The number of nitrogens with zero attached hydrogens (tertiary/aromatic N) is 2. The molecule has 1 aliphatic heterocycles. The number of hydrogen-bond acceptors (Lipinski definition) is 3. The molecule has 2 aromatic rings. The topological polar surface area (TPSA) is 36.3 Å². The number of alkyl halides is 1. The van der Waals surface area contributed by atoms with Crippen LogP contribution >= 0.6 is 11.6 Å². The van der Waals surface area contributed by atoms with Gasteiger partial charge in [-0.25, -0.2) is 4.98 Å². The number of benzene rings is 1. The second-order valence-electron chi connectivity index (χ2n) is 5.78. The van der Waals surface area contributed by atoms with E-state index in [9.17, 15) is 0 Å². The van der Waals surface area contributed by atoms with Gasteiger partial charge in [-0.2, -0.15) is 0 Å². The number of ether oxygens (including phenoxy) is 2. The molecule has 3 rings (SSSR count). The summed E-state index contributed by atoms with van der Waals surface area (Å²) in [7, 11) is 1.68. The monoisotopic (exact) mass is 308 g/mol. The molecule has 1 aromatic heterocycles. The van der Waals surface area contributed by atoms with Crippen LogP contribution in [0.4, 0.5) is 0 Å². The maximum atomic E-state index is 5.94. The van der Waals surface area contributed by atoms with Crippen LogP contribution in [0.15, 0.2) is 18.2 Å². The number of aromatic nitrogens is 2. The maximum Gasteiger partial charge on any atom is 0.146 e. The van der Waals surface area contributed by atoms with Crippen molar-refractivity contribution in [3.63, 3.8) is 0 Å². The number of aryl methyl sites for hydroxylation is 1. The molecular weight excluding hydrogens is 288 g/mol. The summed E-state index contributed by atoms with van der Waals surface area (Å²) in [5.41, 5.74) is 1.88. The van der Waals surface area contributed by atoms with Gasteiger partial charge in [-0.1, -0.05) is 6.07 Å². The minimum Gasteiger partial charge on any atom is -0.494 e. The molecule has 21 heavy (non-hydrogen) atoms. The predicted octanol–water partition coefficient (Wildman–Crippen LogP) is 3.40. The zero-order chi connectivity index (χ0) is 14.9. The van der Waals surface area contributed by atoms with Gasteiger partial charge in [-0.05, 0) is 31.9 Å². The van der Waals surface area contributed by atoms with Crippen molar-refractivity contribution in [2.45, 2.75) is 38.3 Å². The second kappa shape index (κ2) is 5.85. The van der Waals surface area contributed by atoms with Gasteiger partial charge < -0.3 is 14.0 Å². The van der Waals surface area contributed by atoms with Crippen molar-refractivity contribution < 1.29 is 9.47 Å². The SMILES string of the molecule is COc1cccc2c1nc(CCCl)n2CC1(C)CCCO1. The normalized spacial score (nSPS) is 22.0. The van der Waals surface area contributed by atoms with Crippen LogP contribution in [0.2, 0.25) is 0 Å². The Morgan fingerprint density at radius 2 is 2.33 bits per heavy atom. The van der Waals surface area contributed by atoms with Crippen molar-refractivity contribution in [3.8, 4) is 5.75 Å². The molecule has 0 amide bonds. The molecule has 2 heterocycles. The molecule has 114 valence electrons. The van der Waals surface area contributed by atoms with Gasteiger partial charge in [0.25, 0.3) is 0 Å². The van der Waals surface area contributed by atoms with Gasteiger partial charge in [-0.15, -0.1) is 11.6 Å². The van der Waals surface area contributed by atoms with Gasteiger partial charge in [0.05, 0.1) is 24.8 Å². The summed E-state index contributed by atoms with van der Waals surface area (Å²) in [4.78, 5) is 4.74. The van der Waals surface area contributed by atoms with Crippen LogP contribution in [0.3, 0.4) is 0 Å². The first-order valence-electron chi connectivity index (χ1n) is 7.39. The molecule has 1 aromatic carbocycles. The average Bonchev–Trinajstić information content (AvgIpc) is 3.05. The molecule has 0 bridgehead atoms. The molecule has 0 spiro atoms. The predicted molar refractivity (Wildman–Crippen MR) is 84.3 cm³/mol. The molecule has 0 aliphatic carbocycles. The minimum atomic E-state index is -0.113. The van der Waals surface area contributed by atoms with E-state index in [1.165, 1.54) is 0 Å². The molecule has 1 aliphatic rings. The molecule has 1 saturated heterocycles. The Balaban J connectivity index is 2.07. The molecule has 1 unspecified atom stereocenters. The fourth-order valence-electron chi connectivity index (χ4n) is 3.08. The smallest absolute Gasteiger partial charge is 0.146 e. The first-order valence-corrected chi connectivity index (χ1v) is 7.92. The molecular formula is C16H21ClN2O2. The Bertz CT molecular complexity index is 632. The zero-order valence-corrected chi connectivity index (χ0v) is 13.3. The quantitative estimate of drug-likeness (QED) is 0.794. The van der Waals surface area contributed by atoms with E-state index >= 15 is 0 Å². The number of imidazole rings is 1. The summed E-state index contributed by atoms with van der Waals surface area (Å²) >= 11 is 5.94. The van der Waals surface area contributed by atoms with E-state index in [0.717, 1.165) is 55.0 Å². The molecule has 1 atom stereocenters. The van der Waals surface area contributed by atoms with Gasteiger partial charge in [-0.3, -0.25) is 0 Å². The third-order valence-electron chi connectivity index (χ3n) is 4.15. The fraction of sp³-hybridized carbons (Fsp3) is 0.562. The summed E-state index contributed by atoms with van der Waals surface area (Å²) < 4.78 is 13.6. The van der Waals surface area contributed by atoms with E-state index in [1.807, 2.05) is 12.1 Å². The lowest BCUT2D eigenvalue weighted by atomic mass is 10.0. The average molecular weight is 309 g/mol. The van der Waals surface area contributed by atoms with E-state index in [2.05, 4.69) is 17.6 Å². The Morgan fingerprint density at radius 3 is 3.00 bits per heavy atom. The number of fused-ring (bicyclic) bond motifs is 1. The van der Waals surface area contributed by atoms with Crippen molar-refractivity contribution in [3.05, 3.63) is 24.0 Å². The summed E-state index contributed by atoms with van der Waals surface area (Å²) in [6.45, 7) is 3.83. The van der Waals surface area contributed by atoms with Crippen LogP contribution in [-0.2, 0) is 17.7 Å². The van der Waals surface area contributed by atoms with Crippen LogP contribution < -0.4 is 4.74 Å². The first-order chi connectivity index (χ1) is 10.2. The number of halogens is 1. The lowest BCUT2D eigenvalue weighted by Crippen LogP contribution is -2.30. The maximum absolute atomic E-state index is 5.94. The Morgan fingerprint density at radius 1 is 1.48 bits per heavy atom. The summed E-state index contributed by atoms with van der Waals surface area (Å²) in [5, 5.41) is 0. The van der Waals surface area contributed by atoms with Gasteiger partial charge in [0, 0.05) is 18.9 Å². The summed E-state index contributed by atoms with van der Waals surface area (Å²) in [6, 6.07) is 6.03. The lowest BCUT2D eigenvalue weighted by molar-refractivity contribution is 0.00653. The summed E-state index contributed by atoms with van der Waals surface area (Å²) in [6.07, 6.45) is 2.95. The number of para-hydroxylation sites is 1. The van der Waals surface area contributed by atoms with Crippen molar-refractivity contribution in [1.82, 2.24) is 9.55 Å². The van der Waals surface area contributed by atoms with Crippen LogP contribution in [0.1, 0.15) is 25.6 Å². The number of rotatable bonds is 5. The molecule has 1 fully saturated rings. The lowest BCUT2D eigenvalue weighted by Gasteiger charge is -2.25. The van der Waals surface area contributed by atoms with Gasteiger partial charge in [0.2, 0.25) is 0 Å². The van der Waals surface area contributed by atoms with E-state index < -0.39 is 0 Å². The highest BCUT2D eigenvalue weighted by Crippen LogP contribution is 2.31. The second-order valence-corrected chi connectivity index (χ2v) is 6.16. The van der Waals surface area contributed by atoms with Gasteiger partial charge in [0.15, 0.2) is 0 Å². The van der Waals surface area contributed by atoms with Gasteiger partial charge in [0.1, 0.15) is 17.1 Å². The van der Waals surface area contributed by atoms with E-state index in [1.54, 1.807) is 7.11 Å². The van der Waals surface area contributed by atoms with Crippen LogP contribution in [0.5, 0.6) is 5.75 Å². The van der Waals surface area contributed by atoms with E-state index in [0.29, 0.717) is 5.88 Å². The highest BCUT2D eigenvalue weighted by molar-refractivity contribution is 6.17. The number of hydrogen-bond donors (Lipinski definition) is 0. The van der Waals surface area contributed by atoms with Gasteiger partial charge >= 0.3 is 0 Å². The number of methoxy groups -OCH3 is 1.